The van der Waals surface area contributed by atoms with Crippen molar-refractivity contribution in [1.29, 1.82) is 0 Å². The molecule has 13 heavy (non-hydrogen) atoms. The highest BCUT2D eigenvalue weighted by Crippen LogP contribution is 2.55. The van der Waals surface area contributed by atoms with Crippen LogP contribution in [0.4, 0.5) is 0 Å². The van der Waals surface area contributed by atoms with Crippen molar-refractivity contribution in [2.45, 2.75) is 17.7 Å². The fourth-order valence-corrected chi connectivity index (χ4v) is 2.40. The minimum atomic E-state index is -4.40. The van der Waals surface area contributed by atoms with Gasteiger partial charge in [0.15, 0.2) is 4.33 Å². The van der Waals surface area contributed by atoms with Crippen molar-refractivity contribution < 1.29 is 14.4 Å². The van der Waals surface area contributed by atoms with Crippen LogP contribution in [0.1, 0.15) is 13.3 Å². The quantitative estimate of drug-likeness (QED) is 0.454. The van der Waals surface area contributed by atoms with Crippen molar-refractivity contribution in [2.24, 2.45) is 0 Å². The molecule has 0 aliphatic heterocycles. The lowest BCUT2D eigenvalue weighted by molar-refractivity contribution is 0.379. The second-order valence-electron chi connectivity index (χ2n) is 2.39. The lowest BCUT2D eigenvalue weighted by Gasteiger charge is -2.21. The Hall–Kier alpha value is 0.210. The highest BCUT2D eigenvalue weighted by Gasteiger charge is 2.37. The van der Waals surface area contributed by atoms with Gasteiger partial charge < -0.3 is 9.79 Å². The molecule has 3 nitrogen and oxygen atoms in total. The summed E-state index contributed by atoms with van der Waals surface area (Å²) >= 11 is 11.4. The van der Waals surface area contributed by atoms with Crippen LogP contribution in [-0.4, -0.2) is 14.1 Å². The van der Waals surface area contributed by atoms with E-state index in [1.807, 2.05) is 0 Å². The summed E-state index contributed by atoms with van der Waals surface area (Å²) in [5.41, 5.74) is 0. The molecule has 0 radical (unpaired) electrons. The number of hydrogen-bond acceptors (Lipinski definition) is 1. The summed E-state index contributed by atoms with van der Waals surface area (Å²) < 4.78 is 9.40. The predicted octanol–water partition coefficient (Wildman–Crippen LogP) is 2.82. The Balaban J connectivity index is 5.19. The third-order valence-electron chi connectivity index (χ3n) is 1.41. The number of hydrogen-bond donors (Lipinski definition) is 2. The zero-order valence-corrected chi connectivity index (χ0v) is 9.48. The molecule has 2 N–H and O–H groups in total. The van der Waals surface area contributed by atoms with Crippen LogP contribution in [0, 0.1) is 0 Å². The predicted molar refractivity (Wildman–Crippen MR) is 55.1 cm³/mol. The first-order valence-corrected chi connectivity index (χ1v) is 5.89. The molecule has 6 heteroatoms. The Morgan fingerprint density at radius 3 is 2.31 bits per heavy atom. The van der Waals surface area contributed by atoms with Crippen molar-refractivity contribution in [3.8, 4) is 0 Å². The van der Waals surface area contributed by atoms with Gasteiger partial charge in [0.05, 0.1) is 5.31 Å². The van der Waals surface area contributed by atoms with Crippen molar-refractivity contribution in [2.75, 3.05) is 0 Å². The maximum atomic E-state index is 10.9. The number of halogens is 2. The first-order valence-electron chi connectivity index (χ1n) is 3.53. The normalized spacial score (nSPS) is 14.4. The fraction of sp³-hybridized carbons (Fsp3) is 0.429. The summed E-state index contributed by atoms with van der Waals surface area (Å²) in [6.07, 6.45) is 2.59. The maximum absolute atomic E-state index is 10.9. The molecular formula is C7H11Cl2O3P. The van der Waals surface area contributed by atoms with Crippen LogP contribution < -0.4 is 0 Å². The summed E-state index contributed by atoms with van der Waals surface area (Å²) in [5, 5.41) is -0.319. The third-order valence-corrected chi connectivity index (χ3v) is 3.77. The average Bonchev–Trinajstić information content (AvgIpc) is 1.98. The monoisotopic (exact) mass is 244 g/mol. The zero-order valence-electron chi connectivity index (χ0n) is 7.07. The molecule has 0 saturated carbocycles. The minimum Gasteiger partial charge on any atom is -0.321 e. The molecular weight excluding hydrogens is 234 g/mol. The van der Waals surface area contributed by atoms with E-state index in [1.165, 1.54) is 6.08 Å². The molecule has 0 unspecified atom stereocenters. The van der Waals surface area contributed by atoms with Crippen LogP contribution in [-0.2, 0) is 4.57 Å². The highest BCUT2D eigenvalue weighted by molar-refractivity contribution is 7.57. The van der Waals surface area contributed by atoms with Crippen LogP contribution in [0.5, 0.6) is 0 Å². The molecule has 0 spiro atoms. The SMILES string of the molecule is C=C/C=C(/C(Cl)(Cl)CC)P(=O)(O)O. The van der Waals surface area contributed by atoms with E-state index in [2.05, 4.69) is 6.58 Å². The Bertz CT molecular complexity index is 267. The van der Waals surface area contributed by atoms with Crippen molar-refractivity contribution in [3.63, 3.8) is 0 Å². The molecule has 0 rings (SSSR count). The van der Waals surface area contributed by atoms with Crippen molar-refractivity contribution in [3.05, 3.63) is 24.0 Å². The molecule has 0 aromatic carbocycles. The highest BCUT2D eigenvalue weighted by atomic mass is 35.5. The average molecular weight is 245 g/mol. The van der Waals surface area contributed by atoms with Gasteiger partial charge in [-0.2, -0.15) is 0 Å². The van der Waals surface area contributed by atoms with Crippen LogP contribution in [0.3, 0.4) is 0 Å². The van der Waals surface area contributed by atoms with Gasteiger partial charge in [-0.25, -0.2) is 0 Å². The van der Waals surface area contributed by atoms with Gasteiger partial charge in [0.1, 0.15) is 0 Å². The van der Waals surface area contributed by atoms with Crippen LogP contribution in [0.25, 0.3) is 0 Å². The Kier molecular flexibility index (Phi) is 4.70. The van der Waals surface area contributed by atoms with Gasteiger partial charge >= 0.3 is 7.60 Å². The number of rotatable bonds is 4. The van der Waals surface area contributed by atoms with E-state index >= 15 is 0 Å². The Labute approximate surface area is 87.2 Å². The lowest BCUT2D eigenvalue weighted by Crippen LogP contribution is -2.15. The van der Waals surface area contributed by atoms with E-state index < -0.39 is 11.9 Å². The second kappa shape index (κ2) is 4.63. The molecule has 0 bridgehead atoms. The van der Waals surface area contributed by atoms with Gasteiger partial charge in [0, 0.05) is 0 Å². The van der Waals surface area contributed by atoms with Gasteiger partial charge in [-0.05, 0) is 12.5 Å². The Morgan fingerprint density at radius 1 is 1.62 bits per heavy atom. The van der Waals surface area contributed by atoms with Crippen molar-refractivity contribution >= 4 is 30.8 Å². The molecule has 0 saturated heterocycles. The first kappa shape index (κ1) is 13.2. The maximum Gasteiger partial charge on any atom is 0.355 e. The molecule has 0 amide bonds. The van der Waals surface area contributed by atoms with Crippen LogP contribution >= 0.6 is 30.8 Å². The van der Waals surface area contributed by atoms with Gasteiger partial charge in [-0.15, -0.1) is 0 Å². The van der Waals surface area contributed by atoms with Gasteiger partial charge in [-0.1, -0.05) is 42.8 Å². The summed E-state index contributed by atoms with van der Waals surface area (Å²) in [4.78, 5) is 17.8. The summed E-state index contributed by atoms with van der Waals surface area (Å²) in [6, 6.07) is 0. The van der Waals surface area contributed by atoms with Gasteiger partial charge in [-0.3, -0.25) is 4.57 Å². The number of allylic oxidation sites excluding steroid dienone is 3. The summed E-state index contributed by atoms with van der Waals surface area (Å²) in [5.74, 6) is 0. The molecule has 0 fully saturated rings. The van der Waals surface area contributed by atoms with E-state index in [1.54, 1.807) is 6.92 Å². The topological polar surface area (TPSA) is 57.5 Å². The summed E-state index contributed by atoms with van der Waals surface area (Å²) in [7, 11) is -4.40. The number of alkyl halides is 2. The van der Waals surface area contributed by atoms with E-state index in [9.17, 15) is 4.57 Å². The van der Waals surface area contributed by atoms with Gasteiger partial charge in [0.2, 0.25) is 0 Å². The van der Waals surface area contributed by atoms with Crippen LogP contribution in [0.15, 0.2) is 24.0 Å². The molecule has 0 aliphatic carbocycles. The van der Waals surface area contributed by atoms with E-state index in [-0.39, 0.29) is 11.7 Å². The smallest absolute Gasteiger partial charge is 0.321 e. The van der Waals surface area contributed by atoms with E-state index in [0.717, 1.165) is 6.08 Å². The summed E-state index contributed by atoms with van der Waals surface area (Å²) in [6.45, 7) is 4.96. The molecule has 0 atom stereocenters. The molecule has 0 aliphatic rings. The van der Waals surface area contributed by atoms with Crippen LogP contribution in [0.2, 0.25) is 0 Å². The van der Waals surface area contributed by atoms with Crippen molar-refractivity contribution in [1.82, 2.24) is 0 Å². The van der Waals surface area contributed by atoms with Gasteiger partial charge in [0.25, 0.3) is 0 Å². The molecule has 0 aromatic heterocycles. The molecule has 0 aromatic rings. The third kappa shape index (κ3) is 3.84. The standard InChI is InChI=1S/C7H11Cl2O3P/c1-3-5-6(13(10,11)12)7(8,9)4-2/h3,5H,1,4H2,2H3,(H2,10,11,12)/b6-5-. The first-order chi connectivity index (χ1) is 5.75. The largest absolute Gasteiger partial charge is 0.355 e. The fourth-order valence-electron chi connectivity index (χ4n) is 0.725. The van der Waals surface area contributed by atoms with E-state index in [0.29, 0.717) is 0 Å². The molecule has 76 valence electrons. The van der Waals surface area contributed by atoms with E-state index in [4.69, 9.17) is 33.0 Å². The minimum absolute atomic E-state index is 0.209. The zero-order chi connectivity index (χ0) is 10.7. The lowest BCUT2D eigenvalue weighted by atomic mass is 10.3. The Morgan fingerprint density at radius 2 is 2.08 bits per heavy atom. The molecule has 0 heterocycles. The second-order valence-corrected chi connectivity index (χ2v) is 5.44.